The minimum Gasteiger partial charge on any atom is -0.352 e. The topological polar surface area (TPSA) is 60.0 Å². The molecular weight excluding hydrogens is 465 g/mol. The van der Waals surface area contributed by atoms with Gasteiger partial charge in [-0.3, -0.25) is 14.7 Å². The lowest BCUT2D eigenvalue weighted by molar-refractivity contribution is -0.129. The van der Waals surface area contributed by atoms with Crippen LogP contribution >= 0.6 is 24.0 Å². The van der Waals surface area contributed by atoms with Crippen molar-refractivity contribution in [1.82, 2.24) is 20.4 Å². The van der Waals surface area contributed by atoms with E-state index in [1.54, 1.807) is 7.05 Å². The highest BCUT2D eigenvalue weighted by molar-refractivity contribution is 14.0. The molecule has 0 radical (unpaired) electrons. The van der Waals surface area contributed by atoms with E-state index in [0.29, 0.717) is 6.42 Å². The SMILES string of the molecule is CCC(=O)N1CCC(NC(=NC)NCc2ccc(CN(CC)CC)cc2)C1.I. The van der Waals surface area contributed by atoms with Crippen LogP contribution in [0.5, 0.6) is 0 Å². The Labute approximate surface area is 187 Å². The number of halogens is 1. The average molecular weight is 501 g/mol. The third-order valence-electron chi connectivity index (χ3n) is 5.19. The third-order valence-corrected chi connectivity index (χ3v) is 5.19. The number of nitrogens with one attached hydrogen (secondary N) is 2. The van der Waals surface area contributed by atoms with Crippen LogP contribution in [0.1, 0.15) is 44.7 Å². The van der Waals surface area contributed by atoms with Crippen LogP contribution in [0.2, 0.25) is 0 Å². The van der Waals surface area contributed by atoms with Gasteiger partial charge in [0.2, 0.25) is 5.91 Å². The molecule has 0 saturated carbocycles. The Bertz CT molecular complexity index is 616. The summed E-state index contributed by atoms with van der Waals surface area (Å²) in [5.41, 5.74) is 2.58. The molecule has 0 aromatic heterocycles. The quantitative estimate of drug-likeness (QED) is 0.327. The number of hydrogen-bond donors (Lipinski definition) is 2. The molecule has 0 bridgehead atoms. The Kier molecular flexibility index (Phi) is 11.4. The highest BCUT2D eigenvalue weighted by Gasteiger charge is 2.25. The number of amides is 1. The van der Waals surface area contributed by atoms with Crippen molar-refractivity contribution in [1.29, 1.82) is 0 Å². The zero-order valence-electron chi connectivity index (χ0n) is 17.7. The highest BCUT2D eigenvalue weighted by Crippen LogP contribution is 2.11. The van der Waals surface area contributed by atoms with Crippen LogP contribution < -0.4 is 10.6 Å². The van der Waals surface area contributed by atoms with Gasteiger partial charge in [-0.1, -0.05) is 45.0 Å². The van der Waals surface area contributed by atoms with Gasteiger partial charge in [0.15, 0.2) is 5.96 Å². The summed E-state index contributed by atoms with van der Waals surface area (Å²) in [4.78, 5) is 20.5. The molecule has 1 aliphatic heterocycles. The maximum Gasteiger partial charge on any atom is 0.222 e. The second-order valence-electron chi connectivity index (χ2n) is 7.03. The summed E-state index contributed by atoms with van der Waals surface area (Å²) in [6, 6.07) is 9.03. The highest BCUT2D eigenvalue weighted by atomic mass is 127. The minimum absolute atomic E-state index is 0. The second kappa shape index (κ2) is 13.0. The first kappa shape index (κ1) is 24.7. The number of benzene rings is 1. The molecule has 1 fully saturated rings. The van der Waals surface area contributed by atoms with Crippen LogP contribution in [-0.2, 0) is 17.9 Å². The van der Waals surface area contributed by atoms with Crippen molar-refractivity contribution >= 4 is 35.8 Å². The molecule has 1 aromatic rings. The molecule has 7 heteroatoms. The summed E-state index contributed by atoms with van der Waals surface area (Å²) in [5.74, 6) is 1.02. The summed E-state index contributed by atoms with van der Waals surface area (Å²) in [5, 5.41) is 6.81. The number of rotatable bonds is 8. The van der Waals surface area contributed by atoms with E-state index in [-0.39, 0.29) is 35.9 Å². The van der Waals surface area contributed by atoms with Gasteiger partial charge >= 0.3 is 0 Å². The van der Waals surface area contributed by atoms with E-state index in [0.717, 1.165) is 51.6 Å². The Morgan fingerprint density at radius 1 is 1.18 bits per heavy atom. The molecular formula is C21H36IN5O. The van der Waals surface area contributed by atoms with E-state index in [1.807, 2.05) is 11.8 Å². The first-order chi connectivity index (χ1) is 13.1. The predicted molar refractivity (Wildman–Crippen MR) is 127 cm³/mol. The molecule has 0 spiro atoms. The molecule has 1 aromatic carbocycles. The number of likely N-dealkylation sites (tertiary alicyclic amines) is 1. The Morgan fingerprint density at radius 3 is 2.39 bits per heavy atom. The normalized spacial score (nSPS) is 16.8. The fourth-order valence-corrected chi connectivity index (χ4v) is 3.37. The number of carbonyl (C=O) groups is 1. The maximum absolute atomic E-state index is 11.8. The predicted octanol–water partition coefficient (Wildman–Crippen LogP) is 2.82. The van der Waals surface area contributed by atoms with Crippen molar-refractivity contribution in [2.75, 3.05) is 33.2 Å². The molecule has 1 saturated heterocycles. The summed E-state index contributed by atoms with van der Waals surface area (Å²) in [6.07, 6.45) is 1.54. The smallest absolute Gasteiger partial charge is 0.222 e. The third kappa shape index (κ3) is 7.58. The fourth-order valence-electron chi connectivity index (χ4n) is 3.37. The molecule has 6 nitrogen and oxygen atoms in total. The summed E-state index contributed by atoms with van der Waals surface area (Å²) >= 11 is 0. The molecule has 1 amide bonds. The first-order valence-electron chi connectivity index (χ1n) is 10.1. The van der Waals surface area contributed by atoms with Crippen molar-refractivity contribution in [3.05, 3.63) is 35.4 Å². The van der Waals surface area contributed by atoms with Gasteiger partial charge in [-0.2, -0.15) is 0 Å². The van der Waals surface area contributed by atoms with Crippen molar-refractivity contribution in [3.8, 4) is 0 Å². The van der Waals surface area contributed by atoms with Gasteiger partial charge in [-0.25, -0.2) is 0 Å². The number of carbonyl (C=O) groups excluding carboxylic acids is 1. The van der Waals surface area contributed by atoms with E-state index in [2.05, 4.69) is 58.6 Å². The van der Waals surface area contributed by atoms with Crippen LogP contribution in [0, 0.1) is 0 Å². The molecule has 158 valence electrons. The standard InChI is InChI=1S/C21H35N5O.HI/c1-5-20(27)26-13-12-19(16-26)24-21(22-4)23-14-17-8-10-18(11-9-17)15-25(6-2)7-3;/h8-11,19H,5-7,12-16H2,1-4H3,(H2,22,23,24);1H. The lowest BCUT2D eigenvalue weighted by atomic mass is 10.1. The lowest BCUT2D eigenvalue weighted by Gasteiger charge is -2.19. The zero-order chi connectivity index (χ0) is 19.6. The van der Waals surface area contributed by atoms with Gasteiger partial charge < -0.3 is 15.5 Å². The number of hydrogen-bond acceptors (Lipinski definition) is 3. The Morgan fingerprint density at radius 2 is 1.82 bits per heavy atom. The van der Waals surface area contributed by atoms with Gasteiger partial charge in [0.05, 0.1) is 0 Å². The van der Waals surface area contributed by atoms with Crippen molar-refractivity contribution in [3.63, 3.8) is 0 Å². The van der Waals surface area contributed by atoms with Crippen LogP contribution in [-0.4, -0.2) is 60.9 Å². The molecule has 2 rings (SSSR count). The molecule has 28 heavy (non-hydrogen) atoms. The number of nitrogens with zero attached hydrogens (tertiary/aromatic N) is 3. The average Bonchev–Trinajstić information content (AvgIpc) is 3.18. The first-order valence-corrected chi connectivity index (χ1v) is 10.1. The van der Waals surface area contributed by atoms with Gasteiger partial charge in [0, 0.05) is 45.7 Å². The van der Waals surface area contributed by atoms with Crippen LogP contribution in [0.15, 0.2) is 29.3 Å². The van der Waals surface area contributed by atoms with Gasteiger partial charge in [0.25, 0.3) is 0 Å². The minimum atomic E-state index is 0. The molecule has 0 aliphatic carbocycles. The van der Waals surface area contributed by atoms with E-state index in [1.165, 1.54) is 11.1 Å². The van der Waals surface area contributed by atoms with E-state index >= 15 is 0 Å². The Hall–Kier alpha value is -1.35. The zero-order valence-corrected chi connectivity index (χ0v) is 20.0. The van der Waals surface area contributed by atoms with Gasteiger partial charge in [-0.05, 0) is 30.6 Å². The number of guanidine groups is 1. The van der Waals surface area contributed by atoms with Crippen molar-refractivity contribution in [2.24, 2.45) is 4.99 Å². The molecule has 1 heterocycles. The number of aliphatic imine (C=N–C) groups is 1. The fraction of sp³-hybridized carbons (Fsp3) is 0.619. The largest absolute Gasteiger partial charge is 0.352 e. The van der Waals surface area contributed by atoms with Crippen molar-refractivity contribution < 1.29 is 4.79 Å². The second-order valence-corrected chi connectivity index (χ2v) is 7.03. The van der Waals surface area contributed by atoms with Crippen LogP contribution in [0.25, 0.3) is 0 Å². The molecule has 1 aliphatic rings. The van der Waals surface area contributed by atoms with Crippen LogP contribution in [0.3, 0.4) is 0 Å². The van der Waals surface area contributed by atoms with E-state index in [4.69, 9.17) is 0 Å². The Balaban J connectivity index is 0.00000392. The van der Waals surface area contributed by atoms with Crippen molar-refractivity contribution in [2.45, 2.75) is 52.7 Å². The summed E-state index contributed by atoms with van der Waals surface area (Å²) in [7, 11) is 1.78. The van der Waals surface area contributed by atoms with E-state index < -0.39 is 0 Å². The van der Waals surface area contributed by atoms with Crippen LogP contribution in [0.4, 0.5) is 0 Å². The molecule has 2 N–H and O–H groups in total. The van der Waals surface area contributed by atoms with Gasteiger partial charge in [0.1, 0.15) is 0 Å². The molecule has 1 atom stereocenters. The molecule has 1 unspecified atom stereocenters. The maximum atomic E-state index is 11.8. The summed E-state index contributed by atoms with van der Waals surface area (Å²) < 4.78 is 0. The van der Waals surface area contributed by atoms with Gasteiger partial charge in [-0.15, -0.1) is 24.0 Å². The van der Waals surface area contributed by atoms with E-state index in [9.17, 15) is 4.79 Å². The lowest BCUT2D eigenvalue weighted by Crippen LogP contribution is -2.44. The summed E-state index contributed by atoms with van der Waals surface area (Å²) in [6.45, 7) is 11.8. The monoisotopic (exact) mass is 501 g/mol.